The molecule has 1 aromatic carbocycles. The Kier molecular flexibility index (Phi) is 7.90. The Bertz CT molecular complexity index is 587. The lowest BCUT2D eigenvalue weighted by molar-refractivity contribution is -0.120. The van der Waals surface area contributed by atoms with Gasteiger partial charge in [-0.15, -0.1) is 12.4 Å². The largest absolute Gasteiger partial charge is 0.326 e. The van der Waals surface area contributed by atoms with Crippen molar-refractivity contribution in [2.75, 3.05) is 11.9 Å². The van der Waals surface area contributed by atoms with Gasteiger partial charge in [0, 0.05) is 38.9 Å². The molecule has 3 atom stereocenters. The van der Waals surface area contributed by atoms with Crippen molar-refractivity contribution in [3.8, 4) is 0 Å². The van der Waals surface area contributed by atoms with Gasteiger partial charge in [0.25, 0.3) is 0 Å². The fourth-order valence-electron chi connectivity index (χ4n) is 2.72. The van der Waals surface area contributed by atoms with E-state index in [0.29, 0.717) is 11.8 Å². The van der Waals surface area contributed by atoms with Gasteiger partial charge in [0.05, 0.1) is 0 Å². The standard InChI is InChI=1S/C18H28N2O2S.ClH/c1-13-10-15(8-9-19-13)17(21)20-16-7-5-6-14(11-16)12-23(22)18(2,3)4;/h5-7,11,13,15,19H,8-10,12H2,1-4H3,(H,20,21);1H/t13-,15-,23?;/m0./s1. The Morgan fingerprint density at radius 2 is 2.08 bits per heavy atom. The molecule has 2 rings (SSSR count). The lowest BCUT2D eigenvalue weighted by Crippen LogP contribution is -2.40. The highest BCUT2D eigenvalue weighted by Gasteiger charge is 2.25. The molecule has 0 saturated carbocycles. The van der Waals surface area contributed by atoms with E-state index in [-0.39, 0.29) is 29.0 Å². The number of anilines is 1. The highest BCUT2D eigenvalue weighted by molar-refractivity contribution is 7.85. The topological polar surface area (TPSA) is 58.2 Å². The first kappa shape index (κ1) is 21.1. The quantitative estimate of drug-likeness (QED) is 0.850. The van der Waals surface area contributed by atoms with Crippen molar-refractivity contribution in [1.29, 1.82) is 0 Å². The summed E-state index contributed by atoms with van der Waals surface area (Å²) in [4.78, 5) is 12.4. The highest BCUT2D eigenvalue weighted by atomic mass is 35.5. The number of halogens is 1. The van der Waals surface area contributed by atoms with Gasteiger partial charge < -0.3 is 10.6 Å². The summed E-state index contributed by atoms with van der Waals surface area (Å²) in [6.07, 6.45) is 1.75. The zero-order valence-corrected chi connectivity index (χ0v) is 16.6. The van der Waals surface area contributed by atoms with E-state index < -0.39 is 10.8 Å². The van der Waals surface area contributed by atoms with Crippen LogP contribution in [0.3, 0.4) is 0 Å². The van der Waals surface area contributed by atoms with Crippen molar-refractivity contribution in [3.05, 3.63) is 29.8 Å². The fraction of sp³-hybridized carbons (Fsp3) is 0.611. The van der Waals surface area contributed by atoms with E-state index in [1.54, 1.807) is 0 Å². The molecule has 1 unspecified atom stereocenters. The van der Waals surface area contributed by atoms with Gasteiger partial charge >= 0.3 is 0 Å². The smallest absolute Gasteiger partial charge is 0.227 e. The van der Waals surface area contributed by atoms with E-state index in [4.69, 9.17) is 0 Å². The summed E-state index contributed by atoms with van der Waals surface area (Å²) in [5, 5.41) is 6.38. The van der Waals surface area contributed by atoms with Gasteiger partial charge in [-0.05, 0) is 64.8 Å². The molecule has 2 N–H and O–H groups in total. The zero-order chi connectivity index (χ0) is 17.0. The van der Waals surface area contributed by atoms with E-state index >= 15 is 0 Å². The van der Waals surface area contributed by atoms with E-state index in [2.05, 4.69) is 17.6 Å². The van der Waals surface area contributed by atoms with Crippen LogP contribution in [0.1, 0.15) is 46.1 Å². The average molecular weight is 373 g/mol. The van der Waals surface area contributed by atoms with Crippen LogP contribution in [0.2, 0.25) is 0 Å². The molecule has 1 saturated heterocycles. The molecule has 0 bridgehead atoms. The number of piperidine rings is 1. The maximum Gasteiger partial charge on any atom is 0.227 e. The Hall–Kier alpha value is -0.910. The van der Waals surface area contributed by atoms with Gasteiger partial charge in [0.2, 0.25) is 5.91 Å². The van der Waals surface area contributed by atoms with Crippen molar-refractivity contribution in [3.63, 3.8) is 0 Å². The third-order valence-corrected chi connectivity index (χ3v) is 6.13. The first-order valence-electron chi connectivity index (χ1n) is 8.27. The minimum atomic E-state index is -0.939. The number of benzene rings is 1. The molecular weight excluding hydrogens is 344 g/mol. The van der Waals surface area contributed by atoms with Crippen LogP contribution in [-0.2, 0) is 21.3 Å². The molecule has 1 fully saturated rings. The van der Waals surface area contributed by atoms with Crippen LogP contribution in [0.25, 0.3) is 0 Å². The van der Waals surface area contributed by atoms with Crippen molar-refractivity contribution < 1.29 is 9.00 Å². The predicted octanol–water partition coefficient (Wildman–Crippen LogP) is 3.48. The van der Waals surface area contributed by atoms with Gasteiger partial charge in [-0.3, -0.25) is 9.00 Å². The van der Waals surface area contributed by atoms with Crippen LogP contribution >= 0.6 is 12.4 Å². The minimum Gasteiger partial charge on any atom is -0.326 e. The van der Waals surface area contributed by atoms with Gasteiger partial charge in [-0.25, -0.2) is 0 Å². The zero-order valence-electron chi connectivity index (χ0n) is 14.9. The van der Waals surface area contributed by atoms with Crippen molar-refractivity contribution >= 4 is 34.8 Å². The van der Waals surface area contributed by atoms with E-state index in [0.717, 1.165) is 30.6 Å². The summed E-state index contributed by atoms with van der Waals surface area (Å²) in [6.45, 7) is 8.94. The van der Waals surface area contributed by atoms with Crippen molar-refractivity contribution in [2.24, 2.45) is 5.92 Å². The van der Waals surface area contributed by atoms with E-state index in [1.807, 2.05) is 45.0 Å². The number of hydrogen-bond donors (Lipinski definition) is 2. The lowest BCUT2D eigenvalue weighted by atomic mass is 9.92. The number of carbonyl (C=O) groups excluding carboxylic acids is 1. The summed E-state index contributed by atoms with van der Waals surface area (Å²) < 4.78 is 12.0. The summed E-state index contributed by atoms with van der Waals surface area (Å²) >= 11 is 0. The van der Waals surface area contributed by atoms with Gasteiger partial charge in [0.1, 0.15) is 0 Å². The molecule has 1 aliphatic heterocycles. The lowest BCUT2D eigenvalue weighted by Gasteiger charge is -2.27. The number of nitrogens with one attached hydrogen (secondary N) is 2. The first-order valence-corrected chi connectivity index (χ1v) is 9.59. The second kappa shape index (κ2) is 8.97. The van der Waals surface area contributed by atoms with Crippen LogP contribution in [0.5, 0.6) is 0 Å². The van der Waals surface area contributed by atoms with Crippen molar-refractivity contribution in [1.82, 2.24) is 5.32 Å². The molecule has 1 aromatic rings. The molecule has 0 aliphatic carbocycles. The Morgan fingerprint density at radius 3 is 2.71 bits per heavy atom. The molecule has 1 amide bonds. The minimum absolute atomic E-state index is 0. The molecule has 0 radical (unpaired) electrons. The molecular formula is C18H29ClN2O2S. The molecule has 24 heavy (non-hydrogen) atoms. The molecule has 1 aliphatic rings. The summed E-state index contributed by atoms with van der Waals surface area (Å²) in [6, 6.07) is 8.10. The molecule has 0 aromatic heterocycles. The van der Waals surface area contributed by atoms with Crippen LogP contribution in [0, 0.1) is 5.92 Å². The van der Waals surface area contributed by atoms with Gasteiger partial charge in [0.15, 0.2) is 0 Å². The third-order valence-electron chi connectivity index (χ3n) is 4.17. The van der Waals surface area contributed by atoms with E-state index in [1.165, 1.54) is 0 Å². The van der Waals surface area contributed by atoms with Gasteiger partial charge in [-0.1, -0.05) is 12.1 Å². The Morgan fingerprint density at radius 1 is 1.38 bits per heavy atom. The maximum absolute atomic E-state index is 12.4. The highest BCUT2D eigenvalue weighted by Crippen LogP contribution is 2.21. The molecule has 6 heteroatoms. The number of amides is 1. The van der Waals surface area contributed by atoms with Crippen LogP contribution in [-0.4, -0.2) is 27.4 Å². The third kappa shape index (κ3) is 6.19. The molecule has 1 heterocycles. The number of rotatable bonds is 4. The Balaban J connectivity index is 0.00000288. The summed E-state index contributed by atoms with van der Waals surface area (Å²) in [5.41, 5.74) is 1.79. The summed E-state index contributed by atoms with van der Waals surface area (Å²) in [5.74, 6) is 0.670. The SMILES string of the molecule is C[C@H]1C[C@@H](C(=O)Nc2cccc(CS(=O)C(C)(C)C)c2)CCN1.Cl. The van der Waals surface area contributed by atoms with Crippen molar-refractivity contribution in [2.45, 2.75) is 57.1 Å². The normalized spacial score (nSPS) is 22.3. The second-order valence-corrected chi connectivity index (χ2v) is 9.57. The second-order valence-electron chi connectivity index (χ2n) is 7.37. The van der Waals surface area contributed by atoms with Crippen LogP contribution in [0.4, 0.5) is 5.69 Å². The number of carbonyl (C=O) groups is 1. The predicted molar refractivity (Wildman–Crippen MR) is 104 cm³/mol. The van der Waals surface area contributed by atoms with Gasteiger partial charge in [-0.2, -0.15) is 0 Å². The first-order chi connectivity index (χ1) is 10.8. The maximum atomic E-state index is 12.4. The van der Waals surface area contributed by atoms with Crippen LogP contribution in [0.15, 0.2) is 24.3 Å². The average Bonchev–Trinajstić information content (AvgIpc) is 2.46. The molecule has 4 nitrogen and oxygen atoms in total. The molecule has 0 spiro atoms. The fourth-order valence-corrected chi connectivity index (χ4v) is 3.64. The Labute approximate surface area is 154 Å². The monoisotopic (exact) mass is 372 g/mol. The number of hydrogen-bond acceptors (Lipinski definition) is 3. The molecule has 136 valence electrons. The van der Waals surface area contributed by atoms with E-state index in [9.17, 15) is 9.00 Å². The van der Waals surface area contributed by atoms with Crippen LogP contribution < -0.4 is 10.6 Å². The summed E-state index contributed by atoms with van der Waals surface area (Å²) in [7, 11) is -0.939.